The Bertz CT molecular complexity index is 366. The fraction of sp³-hybridized carbons (Fsp3) is 0.333. The highest BCUT2D eigenvalue weighted by Crippen LogP contribution is 2.22. The lowest BCUT2D eigenvalue weighted by Crippen LogP contribution is -2.14. The van der Waals surface area contributed by atoms with E-state index in [9.17, 15) is 5.11 Å². The Morgan fingerprint density at radius 1 is 1.56 bits per heavy atom. The summed E-state index contributed by atoms with van der Waals surface area (Å²) in [4.78, 5) is 0. The van der Waals surface area contributed by atoms with Gasteiger partial charge in [0.15, 0.2) is 0 Å². The van der Waals surface area contributed by atoms with Gasteiger partial charge in [0.2, 0.25) is 0 Å². The number of rotatable bonds is 6. The van der Waals surface area contributed by atoms with E-state index in [1.165, 1.54) is 0 Å². The zero-order valence-corrected chi connectivity index (χ0v) is 10.9. The highest BCUT2D eigenvalue weighted by Gasteiger charge is 2.03. The number of hydrogen-bond acceptors (Lipinski definition) is 3. The Morgan fingerprint density at radius 2 is 2.31 bits per heavy atom. The Kier molecular flexibility index (Phi) is 5.35. The third-order valence-corrected chi connectivity index (χ3v) is 2.27. The third-order valence-electron chi connectivity index (χ3n) is 1.99. The van der Waals surface area contributed by atoms with Crippen molar-refractivity contribution in [2.75, 3.05) is 13.2 Å². The van der Waals surface area contributed by atoms with Gasteiger partial charge in [0.05, 0.1) is 6.61 Å². The van der Waals surface area contributed by atoms with Crippen LogP contribution in [-0.4, -0.2) is 18.3 Å². The summed E-state index contributed by atoms with van der Waals surface area (Å²) in [5.41, 5.74) is 0.819. The fourth-order valence-electron chi connectivity index (χ4n) is 1.29. The second kappa shape index (κ2) is 6.55. The molecule has 1 aromatic carbocycles. The first-order valence-electron chi connectivity index (χ1n) is 5.12. The van der Waals surface area contributed by atoms with E-state index in [4.69, 9.17) is 4.74 Å². The summed E-state index contributed by atoms with van der Waals surface area (Å²) in [5.74, 6) is 1.05. The van der Waals surface area contributed by atoms with Gasteiger partial charge < -0.3 is 15.2 Å². The molecule has 0 fully saturated rings. The molecule has 0 bridgehead atoms. The summed E-state index contributed by atoms with van der Waals surface area (Å²) >= 11 is 3.26. The average molecular weight is 286 g/mol. The molecule has 0 saturated carbocycles. The van der Waals surface area contributed by atoms with Gasteiger partial charge in [-0.1, -0.05) is 22.5 Å². The first kappa shape index (κ1) is 13.1. The normalized spacial score (nSPS) is 10.1. The fourth-order valence-corrected chi connectivity index (χ4v) is 1.49. The zero-order chi connectivity index (χ0) is 12.0. The predicted octanol–water partition coefficient (Wildman–Crippen LogP) is 2.79. The first-order valence-corrected chi connectivity index (χ1v) is 5.91. The summed E-state index contributed by atoms with van der Waals surface area (Å²) in [6, 6.07) is 5.24. The molecule has 0 aliphatic carbocycles. The number of aromatic hydroxyl groups is 1. The largest absolute Gasteiger partial charge is 0.508 e. The van der Waals surface area contributed by atoms with Gasteiger partial charge in [-0.15, -0.1) is 0 Å². The van der Waals surface area contributed by atoms with Gasteiger partial charge in [0, 0.05) is 23.1 Å². The van der Waals surface area contributed by atoms with Crippen LogP contribution in [0.15, 0.2) is 29.3 Å². The van der Waals surface area contributed by atoms with E-state index in [0.717, 1.165) is 15.8 Å². The SMILES string of the molecule is C=C(Br)CNCc1cc(OCC)ccc1O. The maximum atomic E-state index is 9.64. The molecule has 0 spiro atoms. The monoisotopic (exact) mass is 285 g/mol. The van der Waals surface area contributed by atoms with Crippen molar-refractivity contribution in [3.63, 3.8) is 0 Å². The Morgan fingerprint density at radius 3 is 2.94 bits per heavy atom. The van der Waals surface area contributed by atoms with E-state index in [2.05, 4.69) is 27.8 Å². The van der Waals surface area contributed by atoms with Crippen LogP contribution in [0.5, 0.6) is 11.5 Å². The minimum absolute atomic E-state index is 0.274. The molecule has 0 aliphatic heterocycles. The second-order valence-corrected chi connectivity index (χ2v) is 4.47. The van der Waals surface area contributed by atoms with E-state index in [1.54, 1.807) is 12.1 Å². The summed E-state index contributed by atoms with van der Waals surface area (Å²) in [5, 5.41) is 12.8. The van der Waals surface area contributed by atoms with Gasteiger partial charge in [-0.25, -0.2) is 0 Å². The topological polar surface area (TPSA) is 41.5 Å². The zero-order valence-electron chi connectivity index (χ0n) is 9.29. The Balaban J connectivity index is 2.62. The van der Waals surface area contributed by atoms with Gasteiger partial charge >= 0.3 is 0 Å². The van der Waals surface area contributed by atoms with Crippen molar-refractivity contribution in [3.05, 3.63) is 34.8 Å². The molecular formula is C12H16BrNO2. The molecule has 0 heterocycles. The van der Waals surface area contributed by atoms with Crippen molar-refractivity contribution in [1.82, 2.24) is 5.32 Å². The molecule has 1 aromatic rings. The molecule has 4 heteroatoms. The molecule has 0 atom stereocenters. The number of benzene rings is 1. The lowest BCUT2D eigenvalue weighted by molar-refractivity contribution is 0.338. The van der Waals surface area contributed by atoms with Crippen molar-refractivity contribution in [2.45, 2.75) is 13.5 Å². The van der Waals surface area contributed by atoms with Crippen molar-refractivity contribution in [2.24, 2.45) is 0 Å². The van der Waals surface area contributed by atoms with Crippen LogP contribution in [-0.2, 0) is 6.54 Å². The molecular weight excluding hydrogens is 270 g/mol. The molecule has 0 aliphatic rings. The smallest absolute Gasteiger partial charge is 0.120 e. The van der Waals surface area contributed by atoms with Gasteiger partial charge in [-0.3, -0.25) is 0 Å². The maximum Gasteiger partial charge on any atom is 0.120 e. The summed E-state index contributed by atoms with van der Waals surface area (Å²) in [6.45, 7) is 7.52. The van der Waals surface area contributed by atoms with Crippen LogP contribution < -0.4 is 10.1 Å². The van der Waals surface area contributed by atoms with Crippen LogP contribution in [0.25, 0.3) is 0 Å². The molecule has 3 nitrogen and oxygen atoms in total. The lowest BCUT2D eigenvalue weighted by Gasteiger charge is -2.09. The van der Waals surface area contributed by atoms with Crippen LogP contribution >= 0.6 is 15.9 Å². The van der Waals surface area contributed by atoms with Crippen LogP contribution in [0.1, 0.15) is 12.5 Å². The van der Waals surface area contributed by atoms with Crippen molar-refractivity contribution in [1.29, 1.82) is 0 Å². The molecule has 16 heavy (non-hydrogen) atoms. The number of nitrogens with one attached hydrogen (secondary N) is 1. The van der Waals surface area contributed by atoms with Crippen LogP contribution in [0.3, 0.4) is 0 Å². The molecule has 2 N–H and O–H groups in total. The number of hydrogen-bond donors (Lipinski definition) is 2. The highest BCUT2D eigenvalue weighted by atomic mass is 79.9. The Labute approximate surface area is 104 Å². The quantitative estimate of drug-likeness (QED) is 0.845. The van der Waals surface area contributed by atoms with Crippen molar-refractivity contribution in [3.8, 4) is 11.5 Å². The minimum atomic E-state index is 0.274. The molecule has 1 rings (SSSR count). The second-order valence-electron chi connectivity index (χ2n) is 3.34. The van der Waals surface area contributed by atoms with Crippen molar-refractivity contribution >= 4 is 15.9 Å². The molecule has 0 amide bonds. The number of phenolic OH excluding ortho intramolecular Hbond substituents is 1. The minimum Gasteiger partial charge on any atom is -0.508 e. The standard InChI is InChI=1S/C12H16BrNO2/c1-3-16-11-4-5-12(15)10(6-11)8-14-7-9(2)13/h4-6,14-15H,2-3,7-8H2,1H3. The molecule has 0 saturated heterocycles. The van der Waals surface area contributed by atoms with Crippen molar-refractivity contribution < 1.29 is 9.84 Å². The summed E-state index contributed by atoms with van der Waals surface area (Å²) in [7, 11) is 0. The van der Waals surface area contributed by atoms with Gasteiger partial charge in [0.1, 0.15) is 11.5 Å². The number of ether oxygens (including phenoxy) is 1. The van der Waals surface area contributed by atoms with Crippen LogP contribution in [0.2, 0.25) is 0 Å². The molecule has 0 aromatic heterocycles. The average Bonchev–Trinajstić information content (AvgIpc) is 2.22. The first-order chi connectivity index (χ1) is 7.63. The molecule has 88 valence electrons. The predicted molar refractivity (Wildman–Crippen MR) is 69.0 cm³/mol. The lowest BCUT2D eigenvalue weighted by atomic mass is 10.2. The van der Waals surface area contributed by atoms with Crippen LogP contribution in [0, 0.1) is 0 Å². The third kappa shape index (κ3) is 4.24. The van der Waals surface area contributed by atoms with E-state index in [1.807, 2.05) is 13.0 Å². The maximum absolute atomic E-state index is 9.64. The number of halogens is 1. The van der Waals surface area contributed by atoms with Gasteiger partial charge in [0.25, 0.3) is 0 Å². The highest BCUT2D eigenvalue weighted by molar-refractivity contribution is 9.11. The molecule has 0 unspecified atom stereocenters. The van der Waals surface area contributed by atoms with Gasteiger partial charge in [-0.2, -0.15) is 0 Å². The van der Waals surface area contributed by atoms with Gasteiger partial charge in [-0.05, 0) is 25.1 Å². The van der Waals surface area contributed by atoms with E-state index in [-0.39, 0.29) is 5.75 Å². The summed E-state index contributed by atoms with van der Waals surface area (Å²) < 4.78 is 6.25. The number of phenols is 1. The van der Waals surface area contributed by atoms with E-state index >= 15 is 0 Å². The summed E-state index contributed by atoms with van der Waals surface area (Å²) in [6.07, 6.45) is 0. The molecule has 0 radical (unpaired) electrons. The Hall–Kier alpha value is -1.00. The van der Waals surface area contributed by atoms with Crippen LogP contribution in [0.4, 0.5) is 0 Å². The van der Waals surface area contributed by atoms with E-state index in [0.29, 0.717) is 19.7 Å². The van der Waals surface area contributed by atoms with E-state index < -0.39 is 0 Å².